The minimum absolute atomic E-state index is 0.125. The van der Waals surface area contributed by atoms with Crippen LogP contribution in [0.1, 0.15) is 24.0 Å². The first-order chi connectivity index (χ1) is 18.7. The number of rotatable bonds is 13. The Balaban J connectivity index is 1.40. The summed E-state index contributed by atoms with van der Waals surface area (Å²) in [5, 5.41) is 4.47. The van der Waals surface area contributed by atoms with Gasteiger partial charge in [0.05, 0.1) is 13.2 Å². The topological polar surface area (TPSA) is 92.3 Å². The molecular weight excluding hydrogens is 486 g/mol. The van der Waals surface area contributed by atoms with Crippen molar-refractivity contribution in [2.45, 2.75) is 25.7 Å². The second kappa shape index (κ2) is 14.0. The Bertz CT molecular complexity index is 1240. The third kappa shape index (κ3) is 7.26. The fraction of sp³-hybridized carbons (Fsp3) is 0.333. The van der Waals surface area contributed by atoms with Crippen LogP contribution in [0.2, 0.25) is 0 Å². The summed E-state index contributed by atoms with van der Waals surface area (Å²) < 4.78 is 28.2. The summed E-state index contributed by atoms with van der Waals surface area (Å²) in [5.41, 5.74) is 2.11. The van der Waals surface area contributed by atoms with Gasteiger partial charge in [0.1, 0.15) is 37.1 Å². The van der Waals surface area contributed by atoms with Crippen LogP contribution in [0.25, 0.3) is 10.8 Å². The van der Waals surface area contributed by atoms with Crippen molar-refractivity contribution in [3.05, 3.63) is 78.4 Å². The maximum Gasteiger partial charge on any atom is 0.412 e. The largest absolute Gasteiger partial charge is 0.490 e. The Morgan fingerprint density at radius 2 is 1.45 bits per heavy atom. The van der Waals surface area contributed by atoms with E-state index in [2.05, 4.69) is 11.9 Å². The summed E-state index contributed by atoms with van der Waals surface area (Å²) >= 11 is 0. The number of esters is 1. The summed E-state index contributed by atoms with van der Waals surface area (Å²) in [6.45, 7) is 5.03. The summed E-state index contributed by atoms with van der Waals surface area (Å²) in [4.78, 5) is 23.7. The fourth-order valence-electron chi connectivity index (χ4n) is 4.43. The summed E-state index contributed by atoms with van der Waals surface area (Å²) in [6.07, 6.45) is 4.29. The molecule has 0 unspecified atom stereocenters. The lowest BCUT2D eigenvalue weighted by Gasteiger charge is -2.25. The third-order valence-electron chi connectivity index (χ3n) is 6.12. The molecule has 0 saturated carbocycles. The van der Waals surface area contributed by atoms with Gasteiger partial charge in [-0.2, -0.15) is 0 Å². The molecule has 0 aromatic heterocycles. The zero-order valence-corrected chi connectivity index (χ0v) is 21.4. The normalized spacial score (nSPS) is 12.3. The highest BCUT2D eigenvalue weighted by atomic mass is 16.6. The van der Waals surface area contributed by atoms with Crippen LogP contribution in [-0.4, -0.2) is 51.6 Å². The molecule has 1 aliphatic rings. The van der Waals surface area contributed by atoms with E-state index in [0.29, 0.717) is 19.0 Å². The molecule has 4 rings (SSSR count). The van der Waals surface area contributed by atoms with Crippen molar-refractivity contribution in [2.75, 3.05) is 39.6 Å². The smallest absolute Gasteiger partial charge is 0.412 e. The molecule has 1 N–H and O–H groups in total. The first-order valence-electron chi connectivity index (χ1n) is 12.9. The lowest BCUT2D eigenvalue weighted by molar-refractivity contribution is -0.139. The van der Waals surface area contributed by atoms with Crippen LogP contribution in [-0.2, 0) is 27.1 Å². The van der Waals surface area contributed by atoms with Crippen LogP contribution >= 0.6 is 0 Å². The first kappa shape index (κ1) is 27.0. The number of nitrogens with one attached hydrogen (secondary N) is 1. The van der Waals surface area contributed by atoms with Gasteiger partial charge >= 0.3 is 12.1 Å². The van der Waals surface area contributed by atoms with Crippen LogP contribution in [0.15, 0.2) is 67.3 Å². The van der Waals surface area contributed by atoms with E-state index in [1.807, 2.05) is 54.6 Å². The predicted octanol–water partition coefficient (Wildman–Crippen LogP) is 5.01. The number of fused-ring (bicyclic) bond motifs is 2. The Labute approximate surface area is 222 Å². The average molecular weight is 520 g/mol. The highest BCUT2D eigenvalue weighted by molar-refractivity contribution is 5.97. The average Bonchev–Trinajstić information content (AvgIpc) is 2.96. The van der Waals surface area contributed by atoms with Gasteiger partial charge in [-0.3, -0.25) is 0 Å². The van der Waals surface area contributed by atoms with Crippen molar-refractivity contribution in [1.82, 2.24) is 5.32 Å². The van der Waals surface area contributed by atoms with Gasteiger partial charge in [0.25, 0.3) is 0 Å². The van der Waals surface area contributed by atoms with Gasteiger partial charge in [-0.15, -0.1) is 0 Å². The Morgan fingerprint density at radius 3 is 2.18 bits per heavy atom. The van der Waals surface area contributed by atoms with E-state index in [4.69, 9.17) is 23.7 Å². The van der Waals surface area contributed by atoms with Crippen molar-refractivity contribution < 1.29 is 33.3 Å². The van der Waals surface area contributed by atoms with E-state index >= 15 is 0 Å². The quantitative estimate of drug-likeness (QED) is 0.193. The van der Waals surface area contributed by atoms with Gasteiger partial charge in [-0.05, 0) is 37.8 Å². The first-order valence-corrected chi connectivity index (χ1v) is 12.9. The van der Waals surface area contributed by atoms with Crippen LogP contribution in [0.3, 0.4) is 0 Å². The molecule has 200 valence electrons. The lowest BCUT2D eigenvalue weighted by Crippen LogP contribution is -2.31. The monoisotopic (exact) mass is 519 g/mol. The zero-order valence-electron chi connectivity index (χ0n) is 21.4. The number of carbonyl (C=O) groups is 2. The van der Waals surface area contributed by atoms with E-state index < -0.39 is 12.1 Å². The minimum Gasteiger partial charge on any atom is -0.490 e. The lowest BCUT2D eigenvalue weighted by atomic mass is 9.87. The molecule has 3 aromatic carbocycles. The zero-order chi connectivity index (χ0) is 26.6. The molecule has 0 fully saturated rings. The fourth-order valence-corrected chi connectivity index (χ4v) is 4.43. The number of para-hydroxylation sites is 1. The van der Waals surface area contributed by atoms with Gasteiger partial charge in [0.2, 0.25) is 0 Å². The molecule has 0 spiro atoms. The van der Waals surface area contributed by atoms with E-state index in [1.165, 1.54) is 0 Å². The van der Waals surface area contributed by atoms with Crippen LogP contribution in [0.4, 0.5) is 4.79 Å². The Kier molecular flexibility index (Phi) is 9.98. The van der Waals surface area contributed by atoms with Crippen molar-refractivity contribution >= 4 is 22.8 Å². The number of benzene rings is 3. The van der Waals surface area contributed by atoms with Gasteiger partial charge in [0.15, 0.2) is 0 Å². The summed E-state index contributed by atoms with van der Waals surface area (Å²) in [6, 6.07) is 17.5. The molecule has 8 nitrogen and oxygen atoms in total. The predicted molar refractivity (Wildman–Crippen MR) is 144 cm³/mol. The molecule has 8 heteroatoms. The van der Waals surface area contributed by atoms with E-state index in [9.17, 15) is 9.59 Å². The number of ether oxygens (including phenoxy) is 5. The number of hydrogen-bond donors (Lipinski definition) is 1. The SMILES string of the molecule is C=CC(=O)OCCOCCNC(=O)Oc1c2c(c(OCCOc3ccccc3)c3ccccc13)CCCC2. The second-order valence-corrected chi connectivity index (χ2v) is 8.68. The van der Waals surface area contributed by atoms with Crippen LogP contribution in [0.5, 0.6) is 17.2 Å². The maximum absolute atomic E-state index is 12.7. The summed E-state index contributed by atoms with van der Waals surface area (Å²) in [7, 11) is 0. The molecule has 0 radical (unpaired) electrons. The third-order valence-corrected chi connectivity index (χ3v) is 6.12. The molecule has 38 heavy (non-hydrogen) atoms. The Hall–Kier alpha value is -4.04. The standard InChI is InChI=1S/C30H33NO7/c1-2-27(32)36-19-18-34-17-16-31-30(33)38-29-25-14-8-6-12-23(25)28(24-13-7-9-15-26(24)29)37-21-20-35-22-10-4-3-5-11-22/h2-6,8,10-12,14H,1,7,9,13,15-21H2,(H,31,33). The highest BCUT2D eigenvalue weighted by Gasteiger charge is 2.25. The minimum atomic E-state index is -0.547. The number of amides is 1. The van der Waals surface area contributed by atoms with Gasteiger partial charge in [0, 0.05) is 34.5 Å². The molecule has 0 bridgehead atoms. The molecule has 1 aliphatic carbocycles. The van der Waals surface area contributed by atoms with Gasteiger partial charge in [-0.25, -0.2) is 9.59 Å². The number of hydrogen-bond acceptors (Lipinski definition) is 7. The van der Waals surface area contributed by atoms with Crippen molar-refractivity contribution in [2.24, 2.45) is 0 Å². The van der Waals surface area contributed by atoms with Crippen LogP contribution < -0.4 is 19.5 Å². The number of carbonyl (C=O) groups excluding carboxylic acids is 2. The molecular formula is C30H33NO7. The Morgan fingerprint density at radius 1 is 0.789 bits per heavy atom. The van der Waals surface area contributed by atoms with Gasteiger partial charge < -0.3 is 29.0 Å². The van der Waals surface area contributed by atoms with Crippen molar-refractivity contribution in [1.29, 1.82) is 0 Å². The molecule has 3 aromatic rings. The maximum atomic E-state index is 12.7. The van der Waals surface area contributed by atoms with Crippen LogP contribution in [0, 0.1) is 0 Å². The molecule has 0 heterocycles. The van der Waals surface area contributed by atoms with E-state index in [-0.39, 0.29) is 26.4 Å². The van der Waals surface area contributed by atoms with E-state index in [0.717, 1.165) is 65.2 Å². The highest BCUT2D eigenvalue weighted by Crippen LogP contribution is 2.44. The molecule has 0 aliphatic heterocycles. The molecule has 1 amide bonds. The second-order valence-electron chi connectivity index (χ2n) is 8.68. The van der Waals surface area contributed by atoms with Crippen molar-refractivity contribution in [3.8, 4) is 17.2 Å². The molecule has 0 saturated heterocycles. The van der Waals surface area contributed by atoms with Gasteiger partial charge in [-0.1, -0.05) is 49.0 Å². The van der Waals surface area contributed by atoms with E-state index in [1.54, 1.807) is 0 Å². The van der Waals surface area contributed by atoms with Crippen molar-refractivity contribution in [3.63, 3.8) is 0 Å². The summed E-state index contributed by atoms with van der Waals surface area (Å²) in [5.74, 6) is 1.73. The molecule has 0 atom stereocenters.